The van der Waals surface area contributed by atoms with Crippen LogP contribution in [0.5, 0.6) is 0 Å². The van der Waals surface area contributed by atoms with Crippen LogP contribution in [0.4, 0.5) is 0 Å². The maximum atomic E-state index is 11.0. The van der Waals surface area contributed by atoms with Gasteiger partial charge in [-0.25, -0.2) is 0 Å². The van der Waals surface area contributed by atoms with Gasteiger partial charge in [0.1, 0.15) is 0 Å². The molecule has 32 heavy (non-hydrogen) atoms. The lowest BCUT2D eigenvalue weighted by atomic mass is 10.0. The van der Waals surface area contributed by atoms with E-state index in [0.29, 0.717) is 6.42 Å². The summed E-state index contributed by atoms with van der Waals surface area (Å²) in [5.74, 6) is -0.0696. The number of hydrogen-bond donors (Lipinski definition) is 0. The van der Waals surface area contributed by atoms with Crippen LogP contribution < -0.4 is 0 Å². The minimum absolute atomic E-state index is 0.0696. The third-order valence-corrected chi connectivity index (χ3v) is 6.73. The topological polar surface area (TPSA) is 26.3 Å². The number of rotatable bonds is 25. The predicted octanol–water partition coefficient (Wildman–Crippen LogP) is 10.5. The molecule has 0 saturated heterocycles. The van der Waals surface area contributed by atoms with Crippen molar-refractivity contribution in [3.8, 4) is 0 Å². The summed E-state index contributed by atoms with van der Waals surface area (Å²) in [6.45, 7) is 4.60. The van der Waals surface area contributed by atoms with Crippen molar-refractivity contribution in [2.24, 2.45) is 0 Å². The van der Waals surface area contributed by atoms with Gasteiger partial charge in [0.2, 0.25) is 0 Å². The van der Waals surface area contributed by atoms with Gasteiger partial charge in [0, 0.05) is 6.42 Å². The third-order valence-electron chi connectivity index (χ3n) is 6.73. The second kappa shape index (κ2) is 26.5. The zero-order chi connectivity index (χ0) is 23.5. The van der Waals surface area contributed by atoms with Crippen molar-refractivity contribution in [3.05, 3.63) is 11.6 Å². The smallest absolute Gasteiger partial charge is 0.305 e. The Bertz CT molecular complexity index is 413. The highest BCUT2D eigenvalue weighted by Crippen LogP contribution is 2.16. The van der Waals surface area contributed by atoms with Gasteiger partial charge >= 0.3 is 5.97 Å². The normalized spacial score (nSPS) is 11.8. The first-order valence-electron chi connectivity index (χ1n) is 14.4. The summed E-state index contributed by atoms with van der Waals surface area (Å²) in [7, 11) is 1.47. The molecule has 0 aliphatic heterocycles. The fourth-order valence-corrected chi connectivity index (χ4v) is 4.45. The highest BCUT2D eigenvalue weighted by Gasteiger charge is 1.99. The van der Waals surface area contributed by atoms with Crippen LogP contribution in [-0.4, -0.2) is 13.1 Å². The lowest BCUT2D eigenvalue weighted by Crippen LogP contribution is -1.99. The maximum Gasteiger partial charge on any atom is 0.305 e. The summed E-state index contributed by atoms with van der Waals surface area (Å²) in [4.78, 5) is 11.0. The molecule has 0 bridgehead atoms. The van der Waals surface area contributed by atoms with E-state index in [9.17, 15) is 4.79 Å². The molecule has 0 aromatic heterocycles. The average Bonchev–Trinajstić information content (AvgIpc) is 2.80. The Morgan fingerprint density at radius 1 is 0.562 bits per heavy atom. The Morgan fingerprint density at radius 3 is 1.38 bits per heavy atom. The number of unbranched alkanes of at least 4 members (excludes halogenated alkanes) is 20. The average molecular weight is 451 g/mol. The molecular weight excluding hydrogens is 392 g/mol. The van der Waals surface area contributed by atoms with E-state index in [0.717, 1.165) is 12.8 Å². The third kappa shape index (κ3) is 25.5. The molecule has 0 aliphatic rings. The molecule has 0 amide bonds. The van der Waals surface area contributed by atoms with Crippen molar-refractivity contribution in [2.45, 2.75) is 168 Å². The van der Waals surface area contributed by atoms with Crippen LogP contribution in [0.25, 0.3) is 0 Å². The van der Waals surface area contributed by atoms with E-state index in [-0.39, 0.29) is 5.97 Å². The second-order valence-corrected chi connectivity index (χ2v) is 9.99. The number of allylic oxidation sites excluding steroid dienone is 2. The number of carbonyl (C=O) groups excluding carboxylic acids is 1. The molecule has 0 heterocycles. The Balaban J connectivity index is 3.24. The molecule has 0 aromatic carbocycles. The molecule has 2 nitrogen and oxygen atoms in total. The maximum absolute atomic E-state index is 11.0. The monoisotopic (exact) mass is 450 g/mol. The van der Waals surface area contributed by atoms with E-state index >= 15 is 0 Å². The van der Waals surface area contributed by atoms with Crippen LogP contribution in [0, 0.1) is 0 Å². The van der Waals surface area contributed by atoms with Crippen LogP contribution in [0.2, 0.25) is 0 Å². The molecule has 0 aromatic rings. The quantitative estimate of drug-likeness (QED) is 0.0785. The van der Waals surface area contributed by atoms with Crippen molar-refractivity contribution in [1.82, 2.24) is 0 Å². The number of carbonyl (C=O) groups is 1. The van der Waals surface area contributed by atoms with Gasteiger partial charge in [-0.3, -0.25) is 4.79 Å². The summed E-state index contributed by atoms with van der Waals surface area (Å²) in [5, 5.41) is 0. The SMILES string of the molecule is CCCCCCCCCCCCCCCCCC=C(C)CCCCCCCCC(=O)OC. The van der Waals surface area contributed by atoms with Crippen LogP contribution in [0.1, 0.15) is 168 Å². The first kappa shape index (κ1) is 31.2. The molecule has 0 atom stereocenters. The van der Waals surface area contributed by atoms with Gasteiger partial charge in [-0.05, 0) is 39.0 Å². The van der Waals surface area contributed by atoms with Gasteiger partial charge in [-0.2, -0.15) is 0 Å². The Kier molecular flexibility index (Phi) is 25.8. The van der Waals surface area contributed by atoms with Gasteiger partial charge in [0.05, 0.1) is 7.11 Å². The molecular formula is C30H58O2. The van der Waals surface area contributed by atoms with E-state index in [1.807, 2.05) is 0 Å². The zero-order valence-electron chi connectivity index (χ0n) is 22.4. The van der Waals surface area contributed by atoms with Gasteiger partial charge in [-0.15, -0.1) is 0 Å². The van der Waals surface area contributed by atoms with Crippen LogP contribution in [0.15, 0.2) is 11.6 Å². The predicted molar refractivity (Wildman–Crippen MR) is 142 cm³/mol. The fraction of sp³-hybridized carbons (Fsp3) is 0.900. The molecule has 0 N–H and O–H groups in total. The summed E-state index contributed by atoms with van der Waals surface area (Å²) in [6.07, 6.45) is 34.5. The highest BCUT2D eigenvalue weighted by atomic mass is 16.5. The molecule has 0 spiro atoms. The highest BCUT2D eigenvalue weighted by molar-refractivity contribution is 5.68. The number of ether oxygens (including phenoxy) is 1. The summed E-state index contributed by atoms with van der Waals surface area (Å²) in [5.41, 5.74) is 1.58. The number of esters is 1. The Hall–Kier alpha value is -0.790. The van der Waals surface area contributed by atoms with Crippen molar-refractivity contribution in [1.29, 1.82) is 0 Å². The minimum atomic E-state index is -0.0696. The minimum Gasteiger partial charge on any atom is -0.469 e. The summed E-state index contributed by atoms with van der Waals surface area (Å²) >= 11 is 0. The molecule has 0 aliphatic carbocycles. The molecule has 190 valence electrons. The van der Waals surface area contributed by atoms with Crippen molar-refractivity contribution < 1.29 is 9.53 Å². The van der Waals surface area contributed by atoms with Crippen molar-refractivity contribution in [3.63, 3.8) is 0 Å². The van der Waals surface area contributed by atoms with E-state index in [1.165, 1.54) is 142 Å². The molecule has 0 radical (unpaired) electrons. The van der Waals surface area contributed by atoms with E-state index in [1.54, 1.807) is 5.57 Å². The molecule has 0 fully saturated rings. The van der Waals surface area contributed by atoms with Crippen molar-refractivity contribution in [2.75, 3.05) is 7.11 Å². The number of hydrogen-bond acceptors (Lipinski definition) is 2. The van der Waals surface area contributed by atoms with E-state index < -0.39 is 0 Å². The van der Waals surface area contributed by atoms with Crippen LogP contribution >= 0.6 is 0 Å². The lowest BCUT2D eigenvalue weighted by Gasteiger charge is -2.04. The van der Waals surface area contributed by atoms with Gasteiger partial charge in [0.25, 0.3) is 0 Å². The Labute approximate surface area is 202 Å². The van der Waals surface area contributed by atoms with Crippen LogP contribution in [-0.2, 0) is 9.53 Å². The van der Waals surface area contributed by atoms with Gasteiger partial charge in [0.15, 0.2) is 0 Å². The molecule has 0 unspecified atom stereocenters. The van der Waals surface area contributed by atoms with E-state index in [2.05, 4.69) is 24.7 Å². The van der Waals surface area contributed by atoms with Gasteiger partial charge in [-0.1, -0.05) is 134 Å². The zero-order valence-corrected chi connectivity index (χ0v) is 22.4. The van der Waals surface area contributed by atoms with Crippen LogP contribution in [0.3, 0.4) is 0 Å². The lowest BCUT2D eigenvalue weighted by molar-refractivity contribution is -0.140. The summed E-state index contributed by atoms with van der Waals surface area (Å²) in [6, 6.07) is 0. The largest absolute Gasteiger partial charge is 0.469 e. The first-order valence-corrected chi connectivity index (χ1v) is 14.4. The molecule has 0 rings (SSSR count). The van der Waals surface area contributed by atoms with E-state index in [4.69, 9.17) is 0 Å². The molecule has 2 heteroatoms. The standard InChI is InChI=1S/C30H58O2/c1-4-5-6-7-8-9-10-11-12-13-14-15-16-17-20-23-26-29(2)27-24-21-18-19-22-25-28-30(31)32-3/h26H,4-25,27-28H2,1-3H3. The molecule has 0 saturated carbocycles. The summed E-state index contributed by atoms with van der Waals surface area (Å²) < 4.78 is 4.67. The van der Waals surface area contributed by atoms with Gasteiger partial charge < -0.3 is 4.74 Å². The van der Waals surface area contributed by atoms with Crippen molar-refractivity contribution >= 4 is 5.97 Å². The Morgan fingerprint density at radius 2 is 0.938 bits per heavy atom. The fourth-order valence-electron chi connectivity index (χ4n) is 4.45. The number of methoxy groups -OCH3 is 1. The first-order chi connectivity index (χ1) is 15.7. The second-order valence-electron chi connectivity index (χ2n) is 9.99.